The van der Waals surface area contributed by atoms with Gasteiger partial charge in [0.15, 0.2) is 6.61 Å². The van der Waals surface area contributed by atoms with E-state index in [4.69, 9.17) is 9.47 Å². The van der Waals surface area contributed by atoms with E-state index in [1.54, 1.807) is 35.2 Å². The van der Waals surface area contributed by atoms with Crippen LogP contribution in [0.15, 0.2) is 78.5 Å². The van der Waals surface area contributed by atoms with Crippen LogP contribution in [0.25, 0.3) is 17.2 Å². The molecule has 0 aliphatic carbocycles. The van der Waals surface area contributed by atoms with Crippen LogP contribution in [0.2, 0.25) is 0 Å². The third-order valence-corrected chi connectivity index (χ3v) is 6.28. The number of ether oxygens (including phenoxy) is 2. The van der Waals surface area contributed by atoms with Gasteiger partial charge in [-0.25, -0.2) is 0 Å². The molecule has 2 aliphatic heterocycles. The number of Topliss-reactive ketones (excluding diaryl/α,β-unsaturated/α-hetero) is 1. The average molecular weight is 483 g/mol. The molecule has 2 aliphatic rings. The normalized spacial score (nSPS) is 16.2. The zero-order valence-corrected chi connectivity index (χ0v) is 20.0. The highest BCUT2D eigenvalue weighted by Gasteiger charge is 2.34. The van der Waals surface area contributed by atoms with Crippen LogP contribution < -0.4 is 9.64 Å². The number of hydrogen-bond acceptors (Lipinski definition) is 5. The van der Waals surface area contributed by atoms with Crippen LogP contribution in [0.1, 0.15) is 22.8 Å². The van der Waals surface area contributed by atoms with Crippen molar-refractivity contribution in [3.63, 3.8) is 0 Å². The molecule has 7 heteroatoms. The molecule has 2 heterocycles. The molecule has 3 aromatic rings. The predicted molar refractivity (Wildman–Crippen MR) is 137 cm³/mol. The summed E-state index contributed by atoms with van der Waals surface area (Å²) >= 11 is 0. The van der Waals surface area contributed by atoms with Gasteiger partial charge in [-0.1, -0.05) is 48.5 Å². The molecule has 182 valence electrons. The van der Waals surface area contributed by atoms with Gasteiger partial charge in [-0.2, -0.15) is 0 Å². The first-order valence-corrected chi connectivity index (χ1v) is 11.9. The number of para-hydroxylation sites is 1. The predicted octanol–water partition coefficient (Wildman–Crippen LogP) is 4.18. The Bertz CT molecular complexity index is 1340. The summed E-state index contributed by atoms with van der Waals surface area (Å²) in [7, 11) is 0. The molecule has 3 aromatic carbocycles. The summed E-state index contributed by atoms with van der Waals surface area (Å²) in [5, 5.41) is 0. The molecule has 2 amide bonds. The Morgan fingerprint density at radius 2 is 1.67 bits per heavy atom. The standard InChI is InChI=1S/C29H26N2O5/c1-20(32)31-25-10-6-5-9-23(25)29(34)26(31)18-21-11-12-27(24(17-21)22-7-3-2-4-8-22)36-19-28(33)30-13-15-35-16-14-30/h2-12,17-18H,13-16,19H2,1H3/b26-18+. The van der Waals surface area contributed by atoms with Crippen molar-refractivity contribution in [3.8, 4) is 16.9 Å². The maximum absolute atomic E-state index is 13.1. The molecule has 0 spiro atoms. The van der Waals surface area contributed by atoms with E-state index in [-0.39, 0.29) is 24.2 Å². The van der Waals surface area contributed by atoms with E-state index in [1.165, 1.54) is 11.8 Å². The van der Waals surface area contributed by atoms with E-state index in [2.05, 4.69) is 0 Å². The first-order chi connectivity index (χ1) is 17.5. The van der Waals surface area contributed by atoms with E-state index in [0.29, 0.717) is 49.0 Å². The van der Waals surface area contributed by atoms with Crippen LogP contribution >= 0.6 is 0 Å². The van der Waals surface area contributed by atoms with Gasteiger partial charge in [-0.15, -0.1) is 0 Å². The Hall–Kier alpha value is -4.23. The van der Waals surface area contributed by atoms with Gasteiger partial charge in [0.25, 0.3) is 5.91 Å². The van der Waals surface area contributed by atoms with Crippen LogP contribution in [0.5, 0.6) is 5.75 Å². The molecular formula is C29H26N2O5. The first-order valence-electron chi connectivity index (χ1n) is 11.9. The molecule has 0 bridgehead atoms. The SMILES string of the molecule is CC(=O)N1/C(=C/c2ccc(OCC(=O)N3CCOCC3)c(-c3ccccc3)c2)C(=O)c2ccccc21. The third-order valence-electron chi connectivity index (χ3n) is 6.28. The fourth-order valence-electron chi connectivity index (χ4n) is 4.51. The Balaban J connectivity index is 1.47. The molecule has 7 nitrogen and oxygen atoms in total. The Morgan fingerprint density at radius 3 is 2.42 bits per heavy atom. The van der Waals surface area contributed by atoms with Gasteiger partial charge in [-0.05, 0) is 41.5 Å². The van der Waals surface area contributed by atoms with Crippen molar-refractivity contribution in [1.82, 2.24) is 4.90 Å². The van der Waals surface area contributed by atoms with Crippen LogP contribution in [0.3, 0.4) is 0 Å². The van der Waals surface area contributed by atoms with Crippen molar-refractivity contribution in [1.29, 1.82) is 0 Å². The number of benzene rings is 3. The first kappa shape index (κ1) is 23.5. The number of fused-ring (bicyclic) bond motifs is 1. The van der Waals surface area contributed by atoms with E-state index >= 15 is 0 Å². The fourth-order valence-corrected chi connectivity index (χ4v) is 4.51. The van der Waals surface area contributed by atoms with Gasteiger partial charge >= 0.3 is 0 Å². The second kappa shape index (κ2) is 10.2. The van der Waals surface area contributed by atoms with Crippen LogP contribution in [0.4, 0.5) is 5.69 Å². The summed E-state index contributed by atoms with van der Waals surface area (Å²) in [4.78, 5) is 41.4. The number of anilines is 1. The van der Waals surface area contributed by atoms with Crippen molar-refractivity contribution in [2.75, 3.05) is 37.8 Å². The lowest BCUT2D eigenvalue weighted by atomic mass is 10.0. The van der Waals surface area contributed by atoms with Crippen molar-refractivity contribution in [2.24, 2.45) is 0 Å². The summed E-state index contributed by atoms with van der Waals surface area (Å²) in [6, 6.07) is 22.3. The molecule has 0 saturated carbocycles. The second-order valence-corrected chi connectivity index (χ2v) is 8.63. The van der Waals surface area contributed by atoms with Crippen LogP contribution in [0, 0.1) is 0 Å². The highest BCUT2D eigenvalue weighted by Crippen LogP contribution is 2.37. The summed E-state index contributed by atoms with van der Waals surface area (Å²) in [5.41, 5.74) is 3.84. The number of carbonyl (C=O) groups is 3. The zero-order chi connectivity index (χ0) is 25.1. The Kier molecular flexibility index (Phi) is 6.64. The molecule has 1 saturated heterocycles. The van der Waals surface area contributed by atoms with Crippen LogP contribution in [-0.2, 0) is 14.3 Å². The number of ketones is 1. The smallest absolute Gasteiger partial charge is 0.260 e. The topological polar surface area (TPSA) is 76.2 Å². The molecule has 0 atom stereocenters. The molecule has 0 N–H and O–H groups in total. The number of hydrogen-bond donors (Lipinski definition) is 0. The van der Waals surface area contributed by atoms with E-state index in [9.17, 15) is 14.4 Å². The van der Waals surface area contributed by atoms with E-state index in [1.807, 2.05) is 48.5 Å². The van der Waals surface area contributed by atoms with Gasteiger partial charge in [-0.3, -0.25) is 19.3 Å². The average Bonchev–Trinajstić information content (AvgIpc) is 3.20. The van der Waals surface area contributed by atoms with Crippen molar-refractivity contribution >= 4 is 29.4 Å². The van der Waals surface area contributed by atoms with E-state index in [0.717, 1.165) is 16.7 Å². The van der Waals surface area contributed by atoms with Crippen LogP contribution in [-0.4, -0.2) is 55.4 Å². The molecule has 5 rings (SSSR count). The lowest BCUT2D eigenvalue weighted by Crippen LogP contribution is -2.43. The fraction of sp³-hybridized carbons (Fsp3) is 0.207. The molecule has 36 heavy (non-hydrogen) atoms. The largest absolute Gasteiger partial charge is 0.483 e. The number of carbonyl (C=O) groups excluding carboxylic acids is 3. The third kappa shape index (κ3) is 4.65. The van der Waals surface area contributed by atoms with E-state index < -0.39 is 0 Å². The molecule has 1 fully saturated rings. The number of nitrogens with zero attached hydrogens (tertiary/aromatic N) is 2. The summed E-state index contributed by atoms with van der Waals surface area (Å²) in [6.45, 7) is 3.55. The minimum absolute atomic E-state index is 0.0772. The van der Waals surface area contributed by atoms with Gasteiger partial charge in [0, 0.05) is 31.1 Å². The van der Waals surface area contributed by atoms with Crippen molar-refractivity contribution in [3.05, 3.63) is 89.6 Å². The lowest BCUT2D eigenvalue weighted by Gasteiger charge is -2.27. The molecule has 0 aromatic heterocycles. The van der Waals surface area contributed by atoms with Gasteiger partial charge < -0.3 is 14.4 Å². The van der Waals surface area contributed by atoms with Gasteiger partial charge in [0.1, 0.15) is 5.75 Å². The molecule has 0 unspecified atom stereocenters. The van der Waals surface area contributed by atoms with Crippen molar-refractivity contribution < 1.29 is 23.9 Å². The number of amides is 2. The highest BCUT2D eigenvalue weighted by atomic mass is 16.5. The highest BCUT2D eigenvalue weighted by molar-refractivity contribution is 6.26. The number of allylic oxidation sites excluding steroid dienone is 1. The summed E-state index contributed by atoms with van der Waals surface area (Å²) < 4.78 is 11.3. The van der Waals surface area contributed by atoms with Gasteiger partial charge in [0.2, 0.25) is 11.7 Å². The minimum Gasteiger partial charge on any atom is -0.483 e. The Labute approximate surface area is 209 Å². The van der Waals surface area contributed by atoms with Gasteiger partial charge in [0.05, 0.1) is 24.6 Å². The second-order valence-electron chi connectivity index (χ2n) is 8.63. The lowest BCUT2D eigenvalue weighted by molar-refractivity contribution is -0.137. The number of rotatable bonds is 5. The molecular weight excluding hydrogens is 456 g/mol. The quantitative estimate of drug-likeness (QED) is 0.510. The number of morpholine rings is 1. The zero-order valence-electron chi connectivity index (χ0n) is 20.0. The minimum atomic E-state index is -0.232. The Morgan fingerprint density at radius 1 is 0.944 bits per heavy atom. The molecule has 0 radical (unpaired) electrons. The summed E-state index contributed by atoms with van der Waals surface area (Å²) in [5.74, 6) is 0.0484. The maximum Gasteiger partial charge on any atom is 0.260 e. The summed E-state index contributed by atoms with van der Waals surface area (Å²) in [6.07, 6.45) is 1.72. The monoisotopic (exact) mass is 482 g/mol. The maximum atomic E-state index is 13.1. The van der Waals surface area contributed by atoms with Crippen molar-refractivity contribution in [2.45, 2.75) is 6.92 Å².